The Balaban J connectivity index is 1.50. The van der Waals surface area contributed by atoms with E-state index in [1.807, 2.05) is 35.7 Å². The van der Waals surface area contributed by atoms with E-state index in [-0.39, 0.29) is 11.7 Å². The van der Waals surface area contributed by atoms with Crippen molar-refractivity contribution in [3.63, 3.8) is 0 Å². The average molecular weight is 434 g/mol. The molecule has 0 bridgehead atoms. The Labute approximate surface area is 185 Å². The van der Waals surface area contributed by atoms with Gasteiger partial charge in [-0.15, -0.1) is 11.3 Å². The standard InChI is InChI=1S/C25H23NO4S/c27-22(18-9-3-1-4-10-18)23(19-11-5-2-6-12-19)30-25(29)20-13-7-15-26(17-20)24(28)21-14-8-16-31-21/h1-6,8-12,14,16,20,23H,7,13,15,17H2. The normalized spacial score (nSPS) is 17.0. The number of esters is 1. The van der Waals surface area contributed by atoms with Crippen molar-refractivity contribution >= 4 is 29.0 Å². The van der Waals surface area contributed by atoms with Gasteiger partial charge in [0.25, 0.3) is 5.91 Å². The van der Waals surface area contributed by atoms with Gasteiger partial charge in [0.15, 0.2) is 6.10 Å². The lowest BCUT2D eigenvalue weighted by molar-refractivity contribution is -0.153. The lowest BCUT2D eigenvalue weighted by Gasteiger charge is -2.32. The third kappa shape index (κ3) is 4.91. The van der Waals surface area contributed by atoms with Gasteiger partial charge in [-0.25, -0.2) is 0 Å². The van der Waals surface area contributed by atoms with E-state index in [2.05, 4.69) is 0 Å². The number of likely N-dealkylation sites (tertiary alicyclic amines) is 1. The fourth-order valence-corrected chi connectivity index (χ4v) is 4.47. The first kappa shape index (κ1) is 21.0. The van der Waals surface area contributed by atoms with Crippen LogP contribution in [0, 0.1) is 5.92 Å². The Kier molecular flexibility index (Phi) is 6.57. The van der Waals surface area contributed by atoms with Crippen molar-refractivity contribution in [2.24, 2.45) is 5.92 Å². The summed E-state index contributed by atoms with van der Waals surface area (Å²) in [6.07, 6.45) is 0.340. The number of nitrogens with zero attached hydrogens (tertiary/aromatic N) is 1. The minimum atomic E-state index is -1.01. The molecule has 0 aliphatic carbocycles. The molecule has 2 heterocycles. The lowest BCUT2D eigenvalue weighted by Crippen LogP contribution is -2.43. The van der Waals surface area contributed by atoms with Crippen LogP contribution in [0.1, 0.15) is 44.5 Å². The molecule has 1 fully saturated rings. The Morgan fingerprint density at radius 3 is 2.32 bits per heavy atom. The van der Waals surface area contributed by atoms with Crippen LogP contribution in [0.3, 0.4) is 0 Å². The number of carbonyl (C=O) groups excluding carboxylic acids is 3. The molecule has 0 N–H and O–H groups in total. The van der Waals surface area contributed by atoms with Crippen molar-refractivity contribution in [3.05, 3.63) is 94.2 Å². The molecule has 3 aromatic rings. The van der Waals surface area contributed by atoms with Gasteiger partial charge in [0.05, 0.1) is 10.8 Å². The predicted molar refractivity (Wildman–Crippen MR) is 119 cm³/mol. The van der Waals surface area contributed by atoms with E-state index in [4.69, 9.17) is 4.74 Å². The molecule has 0 saturated carbocycles. The zero-order valence-corrected chi connectivity index (χ0v) is 17.8. The number of carbonyl (C=O) groups is 3. The molecule has 2 aromatic carbocycles. The molecule has 1 aliphatic rings. The van der Waals surface area contributed by atoms with Crippen molar-refractivity contribution < 1.29 is 19.1 Å². The second kappa shape index (κ2) is 9.71. The van der Waals surface area contributed by atoms with Gasteiger partial charge in [0, 0.05) is 24.2 Å². The summed E-state index contributed by atoms with van der Waals surface area (Å²) in [5, 5.41) is 1.86. The minimum absolute atomic E-state index is 0.0625. The highest BCUT2D eigenvalue weighted by atomic mass is 32.1. The number of ether oxygens (including phenoxy) is 1. The number of benzene rings is 2. The molecule has 2 unspecified atom stereocenters. The van der Waals surface area contributed by atoms with E-state index >= 15 is 0 Å². The molecule has 1 amide bonds. The Morgan fingerprint density at radius 2 is 1.65 bits per heavy atom. The molecule has 2 atom stereocenters. The van der Waals surface area contributed by atoms with Crippen molar-refractivity contribution in [1.29, 1.82) is 0 Å². The third-order valence-corrected chi connectivity index (χ3v) is 6.26. The number of hydrogen-bond acceptors (Lipinski definition) is 5. The van der Waals surface area contributed by atoms with E-state index in [9.17, 15) is 14.4 Å². The van der Waals surface area contributed by atoms with Crippen LogP contribution in [0.2, 0.25) is 0 Å². The Morgan fingerprint density at radius 1 is 0.935 bits per heavy atom. The number of piperidine rings is 1. The van der Waals surface area contributed by atoms with E-state index in [1.54, 1.807) is 47.4 Å². The quantitative estimate of drug-likeness (QED) is 0.415. The summed E-state index contributed by atoms with van der Waals surface area (Å²) in [5.74, 6) is -1.22. The van der Waals surface area contributed by atoms with Crippen molar-refractivity contribution in [3.8, 4) is 0 Å². The van der Waals surface area contributed by atoms with Gasteiger partial charge in [0.1, 0.15) is 0 Å². The highest BCUT2D eigenvalue weighted by Crippen LogP contribution is 2.27. The van der Waals surface area contributed by atoms with Crippen LogP contribution >= 0.6 is 11.3 Å². The van der Waals surface area contributed by atoms with E-state index < -0.39 is 18.0 Å². The molecule has 1 aliphatic heterocycles. The number of Topliss-reactive ketones (excluding diaryl/α,β-unsaturated/α-hetero) is 1. The van der Waals surface area contributed by atoms with Gasteiger partial charge < -0.3 is 9.64 Å². The predicted octanol–water partition coefficient (Wildman–Crippen LogP) is 4.77. The zero-order chi connectivity index (χ0) is 21.6. The second-order valence-corrected chi connectivity index (χ2v) is 8.47. The molecular formula is C25H23NO4S. The van der Waals surface area contributed by atoms with Gasteiger partial charge >= 0.3 is 5.97 Å². The molecule has 6 heteroatoms. The van der Waals surface area contributed by atoms with Crippen LogP contribution < -0.4 is 0 Å². The van der Waals surface area contributed by atoms with Crippen LogP contribution in [0.25, 0.3) is 0 Å². The van der Waals surface area contributed by atoms with Crippen LogP contribution in [0.15, 0.2) is 78.2 Å². The van der Waals surface area contributed by atoms with E-state index in [0.29, 0.717) is 35.5 Å². The molecule has 1 aromatic heterocycles. The molecule has 31 heavy (non-hydrogen) atoms. The zero-order valence-electron chi connectivity index (χ0n) is 17.0. The molecule has 0 spiro atoms. The fraction of sp³-hybridized carbons (Fsp3) is 0.240. The first-order chi connectivity index (χ1) is 15.1. The first-order valence-corrected chi connectivity index (χ1v) is 11.2. The van der Waals surface area contributed by atoms with Gasteiger partial charge in [-0.1, -0.05) is 66.7 Å². The maximum absolute atomic E-state index is 13.2. The van der Waals surface area contributed by atoms with E-state index in [0.717, 1.165) is 6.42 Å². The number of hydrogen-bond donors (Lipinski definition) is 0. The first-order valence-electron chi connectivity index (χ1n) is 10.3. The summed E-state index contributed by atoms with van der Waals surface area (Å²) in [4.78, 5) is 41.3. The van der Waals surface area contributed by atoms with Gasteiger partial charge in [-0.3, -0.25) is 14.4 Å². The van der Waals surface area contributed by atoms with Gasteiger partial charge in [0.2, 0.25) is 5.78 Å². The second-order valence-electron chi connectivity index (χ2n) is 7.53. The lowest BCUT2D eigenvalue weighted by atomic mass is 9.96. The summed E-state index contributed by atoms with van der Waals surface area (Å²) in [6.45, 7) is 0.919. The SMILES string of the molecule is O=C(OC(C(=O)c1ccccc1)c1ccccc1)C1CCCN(C(=O)c2cccs2)C1. The van der Waals surface area contributed by atoms with Gasteiger partial charge in [-0.2, -0.15) is 0 Å². The molecule has 4 rings (SSSR count). The summed E-state index contributed by atoms with van der Waals surface area (Å²) in [5.41, 5.74) is 1.12. The van der Waals surface area contributed by atoms with Gasteiger partial charge in [-0.05, 0) is 24.3 Å². The minimum Gasteiger partial charge on any atom is -0.449 e. The molecule has 0 radical (unpaired) electrons. The van der Waals surface area contributed by atoms with Crippen LogP contribution in [-0.2, 0) is 9.53 Å². The molecular weight excluding hydrogens is 410 g/mol. The number of ketones is 1. The fourth-order valence-electron chi connectivity index (χ4n) is 3.78. The number of rotatable bonds is 6. The van der Waals surface area contributed by atoms with E-state index in [1.165, 1.54) is 11.3 Å². The molecule has 158 valence electrons. The Bertz CT molecular complexity index is 1030. The monoisotopic (exact) mass is 433 g/mol. The van der Waals surface area contributed by atoms with Crippen LogP contribution in [0.4, 0.5) is 0 Å². The maximum atomic E-state index is 13.2. The smallest absolute Gasteiger partial charge is 0.311 e. The largest absolute Gasteiger partial charge is 0.449 e. The topological polar surface area (TPSA) is 63.7 Å². The van der Waals surface area contributed by atoms with Crippen LogP contribution in [0.5, 0.6) is 0 Å². The average Bonchev–Trinajstić information content (AvgIpc) is 3.38. The molecule has 1 saturated heterocycles. The summed E-state index contributed by atoms with van der Waals surface area (Å²) in [7, 11) is 0. The molecule has 5 nitrogen and oxygen atoms in total. The highest BCUT2D eigenvalue weighted by molar-refractivity contribution is 7.12. The third-order valence-electron chi connectivity index (χ3n) is 5.41. The number of thiophene rings is 1. The summed E-state index contributed by atoms with van der Waals surface area (Å²) >= 11 is 1.39. The van der Waals surface area contributed by atoms with Crippen molar-refractivity contribution in [2.75, 3.05) is 13.1 Å². The Hall–Kier alpha value is -3.25. The maximum Gasteiger partial charge on any atom is 0.311 e. The summed E-state index contributed by atoms with van der Waals surface area (Å²) in [6, 6.07) is 21.5. The highest BCUT2D eigenvalue weighted by Gasteiger charge is 2.34. The van der Waals surface area contributed by atoms with Crippen LogP contribution in [-0.4, -0.2) is 35.6 Å². The van der Waals surface area contributed by atoms with Crippen molar-refractivity contribution in [1.82, 2.24) is 4.90 Å². The van der Waals surface area contributed by atoms with Crippen molar-refractivity contribution in [2.45, 2.75) is 18.9 Å². The summed E-state index contributed by atoms with van der Waals surface area (Å²) < 4.78 is 5.79. The number of amides is 1.